The summed E-state index contributed by atoms with van der Waals surface area (Å²) in [5.41, 5.74) is 1.88. The van der Waals surface area contributed by atoms with Crippen LogP contribution in [0.25, 0.3) is 0 Å². The molecule has 1 N–H and O–H groups in total. The zero-order valence-corrected chi connectivity index (χ0v) is 13.7. The van der Waals surface area contributed by atoms with Gasteiger partial charge in [-0.25, -0.2) is 4.98 Å². The minimum Gasteiger partial charge on any atom is -0.347 e. The number of aromatic nitrogens is 3. The third-order valence-corrected chi connectivity index (χ3v) is 4.30. The lowest BCUT2D eigenvalue weighted by Crippen LogP contribution is -2.32. The smallest absolute Gasteiger partial charge is 0.226 e. The van der Waals surface area contributed by atoms with Crippen LogP contribution in [0.15, 0.2) is 54.2 Å². The van der Waals surface area contributed by atoms with Crippen molar-refractivity contribution in [3.8, 4) is 0 Å². The summed E-state index contributed by atoms with van der Waals surface area (Å²) in [6.07, 6.45) is 3.93. The largest absolute Gasteiger partial charge is 0.347 e. The molecule has 3 aromatic rings. The summed E-state index contributed by atoms with van der Waals surface area (Å²) in [5, 5.41) is 10.2. The first-order chi connectivity index (χ1) is 11.2. The van der Waals surface area contributed by atoms with E-state index in [2.05, 4.69) is 15.4 Å². The molecule has 0 aliphatic rings. The maximum atomic E-state index is 12.4. The van der Waals surface area contributed by atoms with E-state index in [0.29, 0.717) is 13.0 Å². The molecule has 1 atom stereocenters. The lowest BCUT2D eigenvalue weighted by Gasteiger charge is -2.19. The summed E-state index contributed by atoms with van der Waals surface area (Å²) in [6, 6.07) is 11.7. The molecule has 0 spiro atoms. The molecule has 5 nitrogen and oxygen atoms in total. The van der Waals surface area contributed by atoms with Crippen LogP contribution in [0, 0.1) is 6.92 Å². The molecule has 118 valence electrons. The minimum absolute atomic E-state index is 0.0312. The molecular weight excluding hydrogens is 308 g/mol. The number of carbonyl (C=O) groups is 1. The van der Waals surface area contributed by atoms with Crippen molar-refractivity contribution in [2.45, 2.75) is 25.9 Å². The number of hydrogen-bond acceptors (Lipinski definition) is 4. The van der Waals surface area contributed by atoms with Gasteiger partial charge in [0, 0.05) is 17.8 Å². The maximum Gasteiger partial charge on any atom is 0.226 e. The van der Waals surface area contributed by atoms with Gasteiger partial charge in [-0.05, 0) is 18.6 Å². The molecule has 2 aromatic heterocycles. The molecule has 1 aromatic carbocycles. The summed E-state index contributed by atoms with van der Waals surface area (Å²) < 4.78 is 1.82. The standard InChI is InChI=1S/C17H18N4OS/c1-13-19-15(12-23-13)10-17(22)20-16(11-21-9-5-8-18-21)14-6-3-2-4-7-14/h2-9,12,16H,10-11H2,1H3,(H,20,22)/t16-/m0/s1. The SMILES string of the molecule is Cc1nc(CC(=O)N[C@@H](Cn2cccn2)c2ccccc2)cs1. The van der Waals surface area contributed by atoms with Crippen LogP contribution in [0.4, 0.5) is 0 Å². The summed E-state index contributed by atoms with van der Waals surface area (Å²) >= 11 is 1.56. The quantitative estimate of drug-likeness (QED) is 0.758. The van der Waals surface area contributed by atoms with Crippen LogP contribution in [-0.2, 0) is 17.8 Å². The molecule has 1 amide bonds. The number of rotatable bonds is 6. The highest BCUT2D eigenvalue weighted by Gasteiger charge is 2.16. The Bertz CT molecular complexity index is 752. The third kappa shape index (κ3) is 4.26. The van der Waals surface area contributed by atoms with Gasteiger partial charge in [-0.1, -0.05) is 30.3 Å². The van der Waals surface area contributed by atoms with Gasteiger partial charge in [0.25, 0.3) is 0 Å². The molecule has 0 saturated carbocycles. The van der Waals surface area contributed by atoms with Gasteiger partial charge >= 0.3 is 0 Å². The predicted molar refractivity (Wildman–Crippen MR) is 90.1 cm³/mol. The fourth-order valence-corrected chi connectivity index (χ4v) is 3.03. The predicted octanol–water partition coefficient (Wildman–Crippen LogP) is 2.75. The average Bonchev–Trinajstić information content (AvgIpc) is 3.19. The number of aryl methyl sites for hydroxylation is 1. The summed E-state index contributed by atoms with van der Waals surface area (Å²) in [5.74, 6) is -0.0312. The first kappa shape index (κ1) is 15.4. The Kier molecular flexibility index (Phi) is 4.83. The van der Waals surface area contributed by atoms with Crippen molar-refractivity contribution in [1.29, 1.82) is 0 Å². The van der Waals surface area contributed by atoms with E-state index in [1.54, 1.807) is 17.5 Å². The molecule has 0 saturated heterocycles. The number of thiazole rings is 1. The van der Waals surface area contributed by atoms with Crippen LogP contribution >= 0.6 is 11.3 Å². The third-order valence-electron chi connectivity index (χ3n) is 3.47. The topological polar surface area (TPSA) is 59.8 Å². The summed E-state index contributed by atoms with van der Waals surface area (Å²) in [7, 11) is 0. The molecule has 23 heavy (non-hydrogen) atoms. The van der Waals surface area contributed by atoms with E-state index in [4.69, 9.17) is 0 Å². The molecule has 0 fully saturated rings. The van der Waals surface area contributed by atoms with Gasteiger partial charge in [0.1, 0.15) is 0 Å². The van der Waals surface area contributed by atoms with Crippen molar-refractivity contribution in [2.75, 3.05) is 0 Å². The van der Waals surface area contributed by atoms with Gasteiger partial charge in [-0.2, -0.15) is 5.10 Å². The highest BCUT2D eigenvalue weighted by atomic mass is 32.1. The van der Waals surface area contributed by atoms with Crippen LogP contribution in [0.3, 0.4) is 0 Å². The first-order valence-corrected chi connectivity index (χ1v) is 8.31. The van der Waals surface area contributed by atoms with Crippen molar-refractivity contribution >= 4 is 17.2 Å². The maximum absolute atomic E-state index is 12.4. The molecule has 0 aliphatic carbocycles. The Morgan fingerprint density at radius 2 is 2.13 bits per heavy atom. The van der Waals surface area contributed by atoms with Gasteiger partial charge in [-0.15, -0.1) is 11.3 Å². The number of amides is 1. The van der Waals surface area contributed by atoms with E-state index < -0.39 is 0 Å². The van der Waals surface area contributed by atoms with E-state index in [-0.39, 0.29) is 11.9 Å². The van der Waals surface area contributed by atoms with E-state index in [1.165, 1.54) is 0 Å². The molecule has 2 heterocycles. The van der Waals surface area contributed by atoms with Gasteiger partial charge in [-0.3, -0.25) is 9.48 Å². The first-order valence-electron chi connectivity index (χ1n) is 7.43. The van der Waals surface area contributed by atoms with Gasteiger partial charge in [0.2, 0.25) is 5.91 Å². The lowest BCUT2D eigenvalue weighted by atomic mass is 10.1. The summed E-state index contributed by atoms with van der Waals surface area (Å²) in [6.45, 7) is 2.54. The zero-order valence-electron chi connectivity index (χ0n) is 12.8. The molecule has 0 unspecified atom stereocenters. The second kappa shape index (κ2) is 7.19. The number of hydrogen-bond donors (Lipinski definition) is 1. The van der Waals surface area contributed by atoms with Crippen LogP contribution in [0.1, 0.15) is 22.3 Å². The number of nitrogens with zero attached hydrogens (tertiary/aromatic N) is 3. The minimum atomic E-state index is -0.122. The Morgan fingerprint density at radius 1 is 1.30 bits per heavy atom. The van der Waals surface area contributed by atoms with Crippen LogP contribution in [-0.4, -0.2) is 20.7 Å². The normalized spacial score (nSPS) is 12.0. The van der Waals surface area contributed by atoms with Crippen LogP contribution in [0.5, 0.6) is 0 Å². The molecule has 0 radical (unpaired) electrons. The monoisotopic (exact) mass is 326 g/mol. The average molecular weight is 326 g/mol. The van der Waals surface area contributed by atoms with Crippen molar-refractivity contribution < 1.29 is 4.79 Å². The van der Waals surface area contributed by atoms with E-state index >= 15 is 0 Å². The van der Waals surface area contributed by atoms with E-state index in [1.807, 2.05) is 59.6 Å². The highest BCUT2D eigenvalue weighted by molar-refractivity contribution is 7.09. The molecule has 6 heteroatoms. The Morgan fingerprint density at radius 3 is 2.78 bits per heavy atom. The molecular formula is C17H18N4OS. The van der Waals surface area contributed by atoms with Crippen LogP contribution in [0.2, 0.25) is 0 Å². The molecule has 0 aliphatic heterocycles. The molecule has 3 rings (SSSR count). The highest BCUT2D eigenvalue weighted by Crippen LogP contribution is 2.15. The summed E-state index contributed by atoms with van der Waals surface area (Å²) in [4.78, 5) is 16.7. The fourth-order valence-electron chi connectivity index (χ4n) is 2.41. The van der Waals surface area contributed by atoms with Gasteiger partial charge in [0.05, 0.1) is 29.7 Å². The number of benzene rings is 1. The van der Waals surface area contributed by atoms with Crippen molar-refractivity contribution in [2.24, 2.45) is 0 Å². The lowest BCUT2D eigenvalue weighted by molar-refractivity contribution is -0.121. The Labute approximate surface area is 139 Å². The van der Waals surface area contributed by atoms with Gasteiger partial charge in [0.15, 0.2) is 0 Å². The fraction of sp³-hybridized carbons (Fsp3) is 0.235. The van der Waals surface area contributed by atoms with Crippen molar-refractivity contribution in [3.63, 3.8) is 0 Å². The zero-order chi connectivity index (χ0) is 16.1. The Hall–Kier alpha value is -2.47. The van der Waals surface area contributed by atoms with Crippen molar-refractivity contribution in [3.05, 3.63) is 70.4 Å². The Balaban J connectivity index is 1.71. The van der Waals surface area contributed by atoms with E-state index in [9.17, 15) is 4.79 Å². The van der Waals surface area contributed by atoms with Crippen molar-refractivity contribution in [1.82, 2.24) is 20.1 Å². The number of carbonyl (C=O) groups excluding carboxylic acids is 1. The number of nitrogens with one attached hydrogen (secondary N) is 1. The second-order valence-corrected chi connectivity index (χ2v) is 6.36. The second-order valence-electron chi connectivity index (χ2n) is 5.29. The van der Waals surface area contributed by atoms with E-state index in [0.717, 1.165) is 16.3 Å². The van der Waals surface area contributed by atoms with Crippen LogP contribution < -0.4 is 5.32 Å². The van der Waals surface area contributed by atoms with Gasteiger partial charge < -0.3 is 5.32 Å². The molecule has 0 bridgehead atoms.